The van der Waals surface area contributed by atoms with Crippen molar-refractivity contribution in [3.63, 3.8) is 0 Å². The molecule has 0 amide bonds. The van der Waals surface area contributed by atoms with Crippen molar-refractivity contribution in [2.75, 3.05) is 12.4 Å². The number of aromatic amines is 1. The number of nitriles is 1. The summed E-state index contributed by atoms with van der Waals surface area (Å²) < 4.78 is 10.9. The van der Waals surface area contributed by atoms with Crippen LogP contribution in [0.4, 0.5) is 5.69 Å². The van der Waals surface area contributed by atoms with Crippen LogP contribution in [0.2, 0.25) is 5.02 Å². The predicted molar refractivity (Wildman–Crippen MR) is 115 cm³/mol. The third kappa shape index (κ3) is 4.30. The van der Waals surface area contributed by atoms with Crippen molar-refractivity contribution in [2.24, 2.45) is 0 Å². The lowest BCUT2D eigenvalue weighted by Crippen LogP contribution is -2.19. The normalized spacial score (nSPS) is 11.9. The van der Waals surface area contributed by atoms with Gasteiger partial charge in [0.25, 0.3) is 5.56 Å². The maximum absolute atomic E-state index is 12.7. The summed E-state index contributed by atoms with van der Waals surface area (Å²) in [5.41, 5.74) is 2.07. The van der Waals surface area contributed by atoms with Gasteiger partial charge in [-0.2, -0.15) is 5.26 Å². The molecule has 3 aromatic rings. The molecule has 6 nitrogen and oxygen atoms in total. The summed E-state index contributed by atoms with van der Waals surface area (Å²) in [6.07, 6.45) is -0.0235. The maximum atomic E-state index is 12.7. The van der Waals surface area contributed by atoms with Crippen molar-refractivity contribution < 1.29 is 9.47 Å². The van der Waals surface area contributed by atoms with Crippen molar-refractivity contribution in [3.8, 4) is 17.6 Å². The number of nitrogens with one attached hydrogen (secondary N) is 2. The van der Waals surface area contributed by atoms with E-state index in [4.69, 9.17) is 26.3 Å². The summed E-state index contributed by atoms with van der Waals surface area (Å²) in [5.74, 6) is 1.01. The molecule has 150 valence electrons. The van der Waals surface area contributed by atoms with Gasteiger partial charge in [-0.1, -0.05) is 11.6 Å². The fraction of sp³-hybridized carbons (Fsp3) is 0.273. The Labute approximate surface area is 174 Å². The van der Waals surface area contributed by atoms with Crippen LogP contribution in [0.5, 0.6) is 11.5 Å². The van der Waals surface area contributed by atoms with Gasteiger partial charge in [0, 0.05) is 22.7 Å². The standard InChI is InChI=1S/C22H22ClN3O3/c1-12(2)29-18-8-6-14-9-17(22(27)26-21(14)20(18)23)13(3)25-16-7-5-15(11-24)19(10-16)28-4/h5-10,12-13,25H,1-4H3,(H,26,27)/t13-/m0/s1. The van der Waals surface area contributed by atoms with Gasteiger partial charge >= 0.3 is 0 Å². The lowest BCUT2D eigenvalue weighted by molar-refractivity contribution is 0.243. The van der Waals surface area contributed by atoms with Crippen LogP contribution in [0.25, 0.3) is 10.9 Å². The van der Waals surface area contributed by atoms with Gasteiger partial charge in [0.15, 0.2) is 0 Å². The highest BCUT2D eigenvalue weighted by molar-refractivity contribution is 6.36. The minimum absolute atomic E-state index is 0.0235. The average Bonchev–Trinajstić information content (AvgIpc) is 2.69. The second kappa shape index (κ2) is 8.46. The predicted octanol–water partition coefficient (Wildman–Crippen LogP) is 5.02. The van der Waals surface area contributed by atoms with Crippen LogP contribution < -0.4 is 20.3 Å². The maximum Gasteiger partial charge on any atom is 0.253 e. The van der Waals surface area contributed by atoms with Gasteiger partial charge in [-0.25, -0.2) is 0 Å². The van der Waals surface area contributed by atoms with Crippen molar-refractivity contribution in [3.05, 3.63) is 62.9 Å². The molecular formula is C22H22ClN3O3. The second-order valence-electron chi connectivity index (χ2n) is 6.96. The Morgan fingerprint density at radius 1 is 1.14 bits per heavy atom. The highest BCUT2D eigenvalue weighted by Gasteiger charge is 2.15. The van der Waals surface area contributed by atoms with Crippen LogP contribution in [-0.4, -0.2) is 18.2 Å². The average molecular weight is 412 g/mol. The number of fused-ring (bicyclic) bond motifs is 1. The zero-order valence-corrected chi connectivity index (χ0v) is 17.4. The zero-order chi connectivity index (χ0) is 21.1. The number of methoxy groups -OCH3 is 1. The van der Waals surface area contributed by atoms with Crippen LogP contribution in [0, 0.1) is 11.3 Å². The Bertz CT molecular complexity index is 1150. The molecular weight excluding hydrogens is 390 g/mol. The van der Waals surface area contributed by atoms with E-state index < -0.39 is 0 Å². The minimum atomic E-state index is -0.286. The largest absolute Gasteiger partial charge is 0.495 e. The molecule has 0 saturated carbocycles. The Morgan fingerprint density at radius 3 is 2.55 bits per heavy atom. The molecule has 3 rings (SSSR count). The number of hydrogen-bond donors (Lipinski definition) is 2. The van der Waals surface area contributed by atoms with E-state index in [1.807, 2.05) is 32.9 Å². The Hall–Kier alpha value is -3.17. The number of ether oxygens (including phenoxy) is 2. The van der Waals surface area contributed by atoms with Crippen molar-refractivity contribution in [1.82, 2.24) is 4.98 Å². The van der Waals surface area contributed by atoms with Crippen LogP contribution in [0.3, 0.4) is 0 Å². The molecule has 29 heavy (non-hydrogen) atoms. The number of nitrogens with zero attached hydrogens (tertiary/aromatic N) is 1. The number of benzene rings is 2. The minimum Gasteiger partial charge on any atom is -0.495 e. The topological polar surface area (TPSA) is 87.1 Å². The van der Waals surface area contributed by atoms with E-state index in [9.17, 15) is 4.79 Å². The molecule has 0 aliphatic carbocycles. The molecule has 0 aliphatic rings. The van der Waals surface area contributed by atoms with Crippen LogP contribution in [-0.2, 0) is 0 Å². The summed E-state index contributed by atoms with van der Waals surface area (Å²) in [6, 6.07) is 12.5. The van der Waals surface area contributed by atoms with Crippen LogP contribution in [0.15, 0.2) is 41.2 Å². The first-order chi connectivity index (χ1) is 13.8. The van der Waals surface area contributed by atoms with Crippen LogP contribution >= 0.6 is 11.6 Å². The number of hydrogen-bond acceptors (Lipinski definition) is 5. The first-order valence-electron chi connectivity index (χ1n) is 9.20. The Morgan fingerprint density at radius 2 is 1.90 bits per heavy atom. The van der Waals surface area contributed by atoms with E-state index in [0.29, 0.717) is 33.2 Å². The molecule has 2 aromatic carbocycles. The van der Waals surface area contributed by atoms with Gasteiger partial charge in [-0.3, -0.25) is 4.79 Å². The SMILES string of the molecule is COc1cc(N[C@@H](C)c2cc3ccc(OC(C)C)c(Cl)c3[nH]c2=O)ccc1C#N. The molecule has 0 spiro atoms. The second-order valence-corrected chi connectivity index (χ2v) is 7.33. The lowest BCUT2D eigenvalue weighted by Gasteiger charge is -2.17. The molecule has 0 fully saturated rings. The fourth-order valence-corrected chi connectivity index (χ4v) is 3.37. The lowest BCUT2D eigenvalue weighted by atomic mass is 10.1. The van der Waals surface area contributed by atoms with Crippen molar-refractivity contribution in [2.45, 2.75) is 32.9 Å². The Balaban J connectivity index is 1.94. The summed E-state index contributed by atoms with van der Waals surface area (Å²) in [4.78, 5) is 15.6. The van der Waals surface area contributed by atoms with Gasteiger partial charge in [0.1, 0.15) is 22.6 Å². The van der Waals surface area contributed by atoms with Gasteiger partial charge in [-0.05, 0) is 51.1 Å². The molecule has 0 radical (unpaired) electrons. The van der Waals surface area contributed by atoms with Crippen molar-refractivity contribution >= 4 is 28.2 Å². The first kappa shape index (κ1) is 20.6. The van der Waals surface area contributed by atoms with Gasteiger partial charge < -0.3 is 19.8 Å². The number of pyridine rings is 1. The third-order valence-corrected chi connectivity index (χ3v) is 4.86. The summed E-state index contributed by atoms with van der Waals surface area (Å²) >= 11 is 6.43. The van der Waals surface area contributed by atoms with Gasteiger partial charge in [0.05, 0.1) is 30.3 Å². The first-order valence-corrected chi connectivity index (χ1v) is 9.58. The molecule has 7 heteroatoms. The molecule has 1 heterocycles. The monoisotopic (exact) mass is 411 g/mol. The van der Waals surface area contributed by atoms with E-state index in [1.165, 1.54) is 7.11 Å². The Kier molecular flexibility index (Phi) is 6.00. The number of aromatic nitrogens is 1. The molecule has 1 aromatic heterocycles. The molecule has 1 atom stereocenters. The fourth-order valence-electron chi connectivity index (χ4n) is 3.11. The molecule has 0 aliphatic heterocycles. The smallest absolute Gasteiger partial charge is 0.253 e. The summed E-state index contributed by atoms with van der Waals surface area (Å²) in [7, 11) is 1.51. The molecule has 0 bridgehead atoms. The quantitative estimate of drug-likeness (QED) is 0.594. The van der Waals surface area contributed by atoms with Crippen LogP contribution in [0.1, 0.15) is 37.9 Å². The van der Waals surface area contributed by atoms with Gasteiger partial charge in [0.2, 0.25) is 0 Å². The van der Waals surface area contributed by atoms with E-state index in [2.05, 4.69) is 16.4 Å². The molecule has 0 unspecified atom stereocenters. The van der Waals surface area contributed by atoms with E-state index >= 15 is 0 Å². The number of H-pyrrole nitrogens is 1. The highest BCUT2D eigenvalue weighted by Crippen LogP contribution is 2.33. The number of anilines is 1. The van der Waals surface area contributed by atoms with E-state index in [1.54, 1.807) is 24.3 Å². The van der Waals surface area contributed by atoms with E-state index in [-0.39, 0.29) is 17.7 Å². The zero-order valence-electron chi connectivity index (χ0n) is 16.7. The third-order valence-electron chi connectivity index (χ3n) is 4.48. The molecule has 2 N–H and O–H groups in total. The van der Waals surface area contributed by atoms with E-state index in [0.717, 1.165) is 11.1 Å². The number of halogens is 1. The summed E-state index contributed by atoms with van der Waals surface area (Å²) in [5, 5.41) is 13.6. The van der Waals surface area contributed by atoms with Gasteiger partial charge in [-0.15, -0.1) is 0 Å². The highest BCUT2D eigenvalue weighted by atomic mass is 35.5. The number of rotatable bonds is 6. The summed E-state index contributed by atoms with van der Waals surface area (Å²) in [6.45, 7) is 5.72. The van der Waals surface area contributed by atoms with Crippen molar-refractivity contribution in [1.29, 1.82) is 5.26 Å². The molecule has 0 saturated heterocycles.